The number of aromatic nitrogens is 1. The van der Waals surface area contributed by atoms with Crippen molar-refractivity contribution < 1.29 is 22.7 Å². The summed E-state index contributed by atoms with van der Waals surface area (Å²) in [5.74, 6) is 0.783. The van der Waals surface area contributed by atoms with E-state index in [9.17, 15) is 18.0 Å². The number of hydrogen-bond acceptors (Lipinski definition) is 6. The average molecular weight is 455 g/mol. The molecule has 4 rings (SSSR count). The number of nitrogens with zero attached hydrogens (tertiary/aromatic N) is 2. The van der Waals surface area contributed by atoms with Gasteiger partial charge in [-0.15, -0.1) is 0 Å². The number of pyridine rings is 1. The average Bonchev–Trinajstić information content (AvgIpc) is 3.06. The van der Waals surface area contributed by atoms with Crippen LogP contribution in [0, 0.1) is 0 Å². The zero-order valence-corrected chi connectivity index (χ0v) is 17.7. The van der Waals surface area contributed by atoms with E-state index < -0.39 is 17.6 Å². The van der Waals surface area contributed by atoms with Crippen LogP contribution in [0.2, 0.25) is 0 Å². The molecule has 1 aliphatic heterocycles. The molecule has 170 valence electrons. The van der Waals surface area contributed by atoms with E-state index in [-0.39, 0.29) is 22.8 Å². The number of halogens is 3. The molecular weight excluding hydrogens is 435 g/mol. The van der Waals surface area contributed by atoms with E-state index in [1.165, 1.54) is 25.2 Å². The van der Waals surface area contributed by atoms with Crippen molar-refractivity contribution in [1.82, 2.24) is 10.3 Å². The Kier molecular flexibility index (Phi) is 5.59. The highest BCUT2D eigenvalue weighted by atomic mass is 19.4. The normalized spacial score (nSPS) is 12.8. The highest BCUT2D eigenvalue weighted by Gasteiger charge is 2.34. The maximum atomic E-state index is 13.6. The van der Waals surface area contributed by atoms with Crippen molar-refractivity contribution in [2.75, 3.05) is 29.6 Å². The molecule has 0 bridgehead atoms. The van der Waals surface area contributed by atoms with Crippen molar-refractivity contribution in [3.05, 3.63) is 78.3 Å². The summed E-state index contributed by atoms with van der Waals surface area (Å²) in [6.07, 6.45) is -3.91. The van der Waals surface area contributed by atoms with Gasteiger partial charge < -0.3 is 25.6 Å². The Bertz CT molecular complexity index is 1240. The van der Waals surface area contributed by atoms with Crippen LogP contribution in [0.3, 0.4) is 0 Å². The number of carbonyl (C=O) groups excluding carboxylic acids is 1. The van der Waals surface area contributed by atoms with Crippen LogP contribution in [-0.2, 0) is 6.18 Å². The summed E-state index contributed by atoms with van der Waals surface area (Å²) in [6, 6.07) is 12.8. The number of rotatable bonds is 5. The maximum absolute atomic E-state index is 13.6. The van der Waals surface area contributed by atoms with E-state index in [4.69, 9.17) is 4.74 Å². The third-order valence-corrected chi connectivity index (χ3v) is 5.07. The first-order valence-corrected chi connectivity index (χ1v) is 9.84. The first kappa shape index (κ1) is 22.0. The maximum Gasteiger partial charge on any atom is 0.419 e. The van der Waals surface area contributed by atoms with Crippen LogP contribution in [0.25, 0.3) is 0 Å². The molecule has 0 atom stereocenters. The summed E-state index contributed by atoms with van der Waals surface area (Å²) >= 11 is 0. The number of amides is 1. The fourth-order valence-electron chi connectivity index (χ4n) is 3.35. The van der Waals surface area contributed by atoms with E-state index in [1.54, 1.807) is 35.2 Å². The molecule has 1 amide bonds. The van der Waals surface area contributed by atoms with E-state index in [2.05, 4.69) is 27.5 Å². The highest BCUT2D eigenvalue weighted by Crippen LogP contribution is 2.40. The Morgan fingerprint density at radius 2 is 1.85 bits per heavy atom. The second-order valence-electron chi connectivity index (χ2n) is 7.22. The van der Waals surface area contributed by atoms with Gasteiger partial charge in [-0.3, -0.25) is 4.79 Å². The van der Waals surface area contributed by atoms with Gasteiger partial charge in [0.1, 0.15) is 5.82 Å². The second-order valence-corrected chi connectivity index (χ2v) is 7.22. The molecule has 0 fully saturated rings. The van der Waals surface area contributed by atoms with Crippen LogP contribution in [-0.4, -0.2) is 25.0 Å². The number of nitrogens with one attached hydrogen (secondary N) is 3. The molecule has 0 saturated heterocycles. The molecule has 0 saturated carbocycles. The van der Waals surface area contributed by atoms with Crippen molar-refractivity contribution in [2.45, 2.75) is 6.18 Å². The van der Waals surface area contributed by atoms with Crippen molar-refractivity contribution in [2.24, 2.45) is 0 Å². The standard InChI is InChI=1S/C23H20F3N5O2/c1-13-31(3)19-9-8-14(10-20(19)33-13)29-21-11-18(16(12-28-21)23(24,25)26)30-17-7-5-4-6-15(17)22(32)27-2/h4-12H,1H2,2-3H3,(H,27,32)(H2,28,29,30). The van der Waals surface area contributed by atoms with Crippen molar-refractivity contribution >= 4 is 34.5 Å². The van der Waals surface area contributed by atoms with Gasteiger partial charge in [0, 0.05) is 38.1 Å². The fraction of sp³-hybridized carbons (Fsp3) is 0.130. The van der Waals surface area contributed by atoms with Gasteiger partial charge in [-0.1, -0.05) is 12.1 Å². The van der Waals surface area contributed by atoms with Crippen LogP contribution in [0.1, 0.15) is 15.9 Å². The number of carbonyl (C=O) groups is 1. The van der Waals surface area contributed by atoms with Gasteiger partial charge in [0.25, 0.3) is 5.91 Å². The third kappa shape index (κ3) is 4.40. The van der Waals surface area contributed by atoms with Gasteiger partial charge in [0.15, 0.2) is 11.6 Å². The molecule has 0 radical (unpaired) electrons. The lowest BCUT2D eigenvalue weighted by Crippen LogP contribution is -2.19. The molecule has 0 unspecified atom stereocenters. The lowest BCUT2D eigenvalue weighted by molar-refractivity contribution is -0.137. The summed E-state index contributed by atoms with van der Waals surface area (Å²) in [6.45, 7) is 3.80. The molecule has 1 aliphatic rings. The van der Waals surface area contributed by atoms with Gasteiger partial charge in [-0.2, -0.15) is 13.2 Å². The smallest absolute Gasteiger partial charge is 0.419 e. The van der Waals surface area contributed by atoms with Crippen LogP contribution >= 0.6 is 0 Å². The van der Waals surface area contributed by atoms with Gasteiger partial charge in [0.05, 0.1) is 28.2 Å². The van der Waals surface area contributed by atoms with Crippen molar-refractivity contribution in [3.8, 4) is 5.75 Å². The van der Waals surface area contributed by atoms with Crippen LogP contribution < -0.4 is 25.6 Å². The molecule has 1 aromatic heterocycles. The molecule has 0 aliphatic carbocycles. The molecule has 3 aromatic rings. The number of fused-ring (bicyclic) bond motifs is 1. The molecule has 0 spiro atoms. The summed E-state index contributed by atoms with van der Waals surface area (Å²) in [4.78, 5) is 17.8. The van der Waals surface area contributed by atoms with Gasteiger partial charge >= 0.3 is 6.18 Å². The topological polar surface area (TPSA) is 78.5 Å². The molecular formula is C23H20F3N5O2. The molecule has 2 aromatic carbocycles. The first-order chi connectivity index (χ1) is 15.7. The Balaban J connectivity index is 1.68. The molecule has 3 N–H and O–H groups in total. The number of hydrogen-bond donors (Lipinski definition) is 3. The Morgan fingerprint density at radius 3 is 2.58 bits per heavy atom. The van der Waals surface area contributed by atoms with Gasteiger partial charge in [-0.05, 0) is 30.8 Å². The van der Waals surface area contributed by atoms with E-state index in [0.717, 1.165) is 11.9 Å². The molecule has 33 heavy (non-hydrogen) atoms. The molecule has 7 nitrogen and oxygen atoms in total. The minimum absolute atomic E-state index is 0.174. The van der Waals surface area contributed by atoms with Crippen LogP contribution in [0.15, 0.2) is 67.2 Å². The monoisotopic (exact) mass is 455 g/mol. The third-order valence-electron chi connectivity index (χ3n) is 5.07. The Morgan fingerprint density at radius 1 is 1.09 bits per heavy atom. The summed E-state index contributed by atoms with van der Waals surface area (Å²) in [5, 5.41) is 8.20. The Labute approximate surface area is 187 Å². The largest absolute Gasteiger partial charge is 0.439 e. The van der Waals surface area contributed by atoms with E-state index in [1.807, 2.05) is 7.05 Å². The number of anilines is 5. The summed E-state index contributed by atoms with van der Waals surface area (Å²) in [5.41, 5.74) is 0.614. The van der Waals surface area contributed by atoms with Gasteiger partial charge in [-0.25, -0.2) is 4.98 Å². The highest BCUT2D eigenvalue weighted by molar-refractivity contribution is 6.00. The zero-order valence-electron chi connectivity index (χ0n) is 17.7. The number of para-hydroxylation sites is 1. The van der Waals surface area contributed by atoms with E-state index >= 15 is 0 Å². The SMILES string of the molecule is C=C1Oc2cc(Nc3cc(Nc4ccccc4C(=O)NC)c(C(F)(F)F)cn3)ccc2N1C. The number of ether oxygens (including phenoxy) is 1. The predicted octanol–water partition coefficient (Wildman–Crippen LogP) is 5.25. The predicted molar refractivity (Wildman–Crippen MR) is 120 cm³/mol. The number of benzene rings is 2. The fourth-order valence-corrected chi connectivity index (χ4v) is 3.35. The zero-order chi connectivity index (χ0) is 23.8. The summed E-state index contributed by atoms with van der Waals surface area (Å²) < 4.78 is 46.5. The van der Waals surface area contributed by atoms with Crippen molar-refractivity contribution in [1.29, 1.82) is 0 Å². The Hall–Kier alpha value is -4.21. The lowest BCUT2D eigenvalue weighted by atomic mass is 10.1. The van der Waals surface area contributed by atoms with Crippen LogP contribution in [0.4, 0.5) is 41.7 Å². The molecule has 10 heteroatoms. The minimum atomic E-state index is -4.65. The first-order valence-electron chi connectivity index (χ1n) is 9.84. The second kappa shape index (κ2) is 8.38. The summed E-state index contributed by atoms with van der Waals surface area (Å²) in [7, 11) is 3.26. The number of alkyl halides is 3. The van der Waals surface area contributed by atoms with E-state index in [0.29, 0.717) is 17.3 Å². The van der Waals surface area contributed by atoms with Crippen molar-refractivity contribution in [3.63, 3.8) is 0 Å². The quantitative estimate of drug-likeness (QED) is 0.488. The van der Waals surface area contributed by atoms with Gasteiger partial charge in [0.2, 0.25) is 0 Å². The lowest BCUT2D eigenvalue weighted by Gasteiger charge is -2.17. The minimum Gasteiger partial charge on any atom is -0.439 e. The van der Waals surface area contributed by atoms with Crippen LogP contribution in [0.5, 0.6) is 5.75 Å². The molecule has 2 heterocycles.